The van der Waals surface area contributed by atoms with Crippen molar-refractivity contribution >= 4 is 43.6 Å². The molecule has 0 unspecified atom stereocenters. The molecule has 0 fully saturated rings. The van der Waals surface area contributed by atoms with Crippen molar-refractivity contribution in [1.82, 2.24) is 9.13 Å². The summed E-state index contributed by atoms with van der Waals surface area (Å²) < 4.78 is 397. The van der Waals surface area contributed by atoms with E-state index in [-0.39, 0.29) is 90.4 Å². The summed E-state index contributed by atoms with van der Waals surface area (Å²) in [5, 5.41) is 19.4. The minimum atomic E-state index is -5.54. The highest BCUT2D eigenvalue weighted by atomic mass is 19.4. The molecule has 11 aromatic carbocycles. The largest absolute Gasteiger partial charge is 0.417 e. The molecule has 13 rings (SSSR count). The lowest BCUT2D eigenvalue weighted by Gasteiger charge is -2.21. The van der Waals surface area contributed by atoms with Gasteiger partial charge in [0.1, 0.15) is 0 Å². The van der Waals surface area contributed by atoms with Gasteiger partial charge in [0.15, 0.2) is 0 Å². The van der Waals surface area contributed by atoms with E-state index in [9.17, 15) is 116 Å². The molecular weight excluding hydrogens is 1490 g/mol. The molecule has 0 saturated heterocycles. The Morgan fingerprint density at radius 1 is 0.213 bits per heavy atom. The normalized spacial score (nSPS) is 13.1. The third kappa shape index (κ3) is 13.6. The zero-order valence-electron chi connectivity index (χ0n) is 53.0. The topological polar surface area (TPSA) is 57.4 Å². The molecule has 108 heavy (non-hydrogen) atoms. The van der Waals surface area contributed by atoms with E-state index in [1.165, 1.54) is 15.2 Å². The van der Waals surface area contributed by atoms with E-state index in [1.54, 1.807) is 6.07 Å². The van der Waals surface area contributed by atoms with E-state index in [0.717, 1.165) is 115 Å². The van der Waals surface area contributed by atoms with Gasteiger partial charge in [0.05, 0.1) is 101 Å². The van der Waals surface area contributed by atoms with Gasteiger partial charge in [0, 0.05) is 32.8 Å². The van der Waals surface area contributed by atoms with Gasteiger partial charge in [-0.05, 0) is 201 Å². The van der Waals surface area contributed by atoms with Crippen molar-refractivity contribution in [3.05, 3.63) is 261 Å². The Labute approximate surface area is 587 Å². The van der Waals surface area contributed by atoms with E-state index < -0.39 is 172 Å². The molecule has 0 bridgehead atoms. The number of nitriles is 2. The summed E-state index contributed by atoms with van der Waals surface area (Å²) in [7, 11) is 0. The fraction of sp³-hybridized carbons (Fsp3) is 0.117. The van der Waals surface area contributed by atoms with Gasteiger partial charge in [-0.3, -0.25) is 0 Å². The molecule has 0 aliphatic rings. The fourth-order valence-electron chi connectivity index (χ4n) is 13.3. The Balaban J connectivity index is 1.14. The van der Waals surface area contributed by atoms with Crippen LogP contribution in [0.4, 0.5) is 119 Å². The molecule has 0 atom stereocenters. The first kappa shape index (κ1) is 74.4. The minimum absolute atomic E-state index is 0.175. The maximum Gasteiger partial charge on any atom is 0.417 e. The second-order valence-corrected chi connectivity index (χ2v) is 24.6. The quantitative estimate of drug-likeness (QED) is 0.142. The molecule has 0 N–H and O–H groups in total. The van der Waals surface area contributed by atoms with Crippen LogP contribution in [0.15, 0.2) is 200 Å². The Morgan fingerprint density at radius 3 is 0.796 bits per heavy atom. The van der Waals surface area contributed by atoms with Crippen molar-refractivity contribution in [2.45, 2.75) is 55.6 Å². The van der Waals surface area contributed by atoms with Crippen LogP contribution in [0.1, 0.15) is 61.2 Å². The number of halogens is 27. The molecule has 0 spiro atoms. The third-order valence-electron chi connectivity index (χ3n) is 18.0. The summed E-state index contributed by atoms with van der Waals surface area (Å²) in [5.41, 5.74) is -25.6. The lowest BCUT2D eigenvalue weighted by molar-refractivity contribution is -0.144. The standard InChI is InChI=1S/C77H33F27N4/c78-69(79,80)42-7-13-47(60(29-42)74(93,94)95)38-3-19-64-55(25-38)56-26-39(48-14-8-43(70(81,82)83)30-61(48)75(96,97)98)4-20-65(56)107(64)46-11-17-51(52-12-1-37(35-106)24-59(52)73(90,91)92)53(33-46)54-23-36(34-105)2-18-66(54)108-67-21-5-40(49-15-9-44(71(84,85)86)31-62(49)76(99,100)101)27-57(67)58-28-41(6-22-68(58)108)50-16-10-45(72(87,88)89)32-63(50)77(102,103)104/h1-33H. The molecule has 31 heteroatoms. The summed E-state index contributed by atoms with van der Waals surface area (Å²) in [4.78, 5) is 0. The van der Waals surface area contributed by atoms with Gasteiger partial charge in [-0.15, -0.1) is 0 Å². The summed E-state index contributed by atoms with van der Waals surface area (Å²) in [5.74, 6) is 0. The smallest absolute Gasteiger partial charge is 0.309 e. The summed E-state index contributed by atoms with van der Waals surface area (Å²) in [6.45, 7) is 0. The number of benzene rings is 11. The van der Waals surface area contributed by atoms with Crippen LogP contribution in [0.25, 0.3) is 122 Å². The average Bonchev–Trinajstić information content (AvgIpc) is 1.56. The Bertz CT molecular complexity index is 5680. The fourth-order valence-corrected chi connectivity index (χ4v) is 13.3. The summed E-state index contributed by atoms with van der Waals surface area (Å²) >= 11 is 0. The van der Waals surface area contributed by atoms with Crippen molar-refractivity contribution in [3.8, 4) is 90.3 Å². The monoisotopic (exact) mass is 1530 g/mol. The van der Waals surface area contributed by atoms with Gasteiger partial charge in [0.25, 0.3) is 0 Å². The highest BCUT2D eigenvalue weighted by Gasteiger charge is 2.44. The molecule has 550 valence electrons. The first-order valence-corrected chi connectivity index (χ1v) is 30.8. The lowest BCUT2D eigenvalue weighted by atomic mass is 9.89. The Hall–Kier alpha value is -11.9. The Morgan fingerprint density at radius 2 is 0.491 bits per heavy atom. The van der Waals surface area contributed by atoms with Crippen LogP contribution in [0, 0.1) is 22.7 Å². The maximum atomic E-state index is 15.7. The zero-order valence-corrected chi connectivity index (χ0v) is 53.0. The molecule has 0 aliphatic heterocycles. The predicted molar refractivity (Wildman–Crippen MR) is 342 cm³/mol. The molecular formula is C77H33F27N4. The van der Waals surface area contributed by atoms with Crippen molar-refractivity contribution in [1.29, 1.82) is 10.5 Å². The number of nitrogens with zero attached hydrogens (tertiary/aromatic N) is 4. The number of alkyl halides is 27. The SMILES string of the molecule is N#Cc1ccc(-n2c3ccc(-c4ccc(C(F)(F)F)cc4C(F)(F)F)cc3c3cc(-c4ccc(C(F)(F)F)cc4C(F)(F)F)ccc32)c(-c2cc(-n3c4ccc(-c5ccc(C(F)(F)F)cc5C(F)(F)F)cc4c4cc(-c5ccc(C(F)(F)F)cc5C(F)(F)F)ccc43)ccc2-c2ccc(C#N)cc2C(F)(F)F)c1. The van der Waals surface area contributed by atoms with E-state index in [2.05, 4.69) is 0 Å². The van der Waals surface area contributed by atoms with E-state index in [1.807, 2.05) is 6.07 Å². The van der Waals surface area contributed by atoms with Crippen LogP contribution in [0.2, 0.25) is 0 Å². The number of hydrogen-bond donors (Lipinski definition) is 0. The molecule has 2 aromatic heterocycles. The summed E-state index contributed by atoms with van der Waals surface area (Å²) in [6.07, 6.45) is -48.8. The zero-order chi connectivity index (χ0) is 78.5. The van der Waals surface area contributed by atoms with Gasteiger partial charge in [-0.2, -0.15) is 129 Å². The highest BCUT2D eigenvalue weighted by molar-refractivity contribution is 6.14. The molecule has 0 saturated carbocycles. The number of rotatable bonds is 8. The van der Waals surface area contributed by atoms with Crippen molar-refractivity contribution < 1.29 is 119 Å². The van der Waals surface area contributed by atoms with Gasteiger partial charge in [-0.1, -0.05) is 60.7 Å². The molecule has 0 amide bonds. The van der Waals surface area contributed by atoms with Crippen LogP contribution in [-0.2, 0) is 55.6 Å². The molecule has 2 heterocycles. The van der Waals surface area contributed by atoms with Gasteiger partial charge < -0.3 is 9.13 Å². The minimum Gasteiger partial charge on any atom is -0.309 e. The average molecular weight is 1530 g/mol. The molecule has 13 aromatic rings. The lowest BCUT2D eigenvalue weighted by Crippen LogP contribution is -2.12. The summed E-state index contributed by atoms with van der Waals surface area (Å²) in [6, 6.07) is 26.9. The van der Waals surface area contributed by atoms with Crippen LogP contribution >= 0.6 is 0 Å². The maximum absolute atomic E-state index is 15.7. The second-order valence-electron chi connectivity index (χ2n) is 24.6. The van der Waals surface area contributed by atoms with Crippen molar-refractivity contribution in [3.63, 3.8) is 0 Å². The number of hydrogen-bond acceptors (Lipinski definition) is 2. The van der Waals surface area contributed by atoms with Gasteiger partial charge in [0.2, 0.25) is 0 Å². The molecule has 0 radical (unpaired) electrons. The van der Waals surface area contributed by atoms with Crippen molar-refractivity contribution in [2.75, 3.05) is 0 Å². The van der Waals surface area contributed by atoms with E-state index in [4.69, 9.17) is 0 Å². The van der Waals surface area contributed by atoms with Crippen LogP contribution in [-0.4, -0.2) is 9.13 Å². The van der Waals surface area contributed by atoms with E-state index >= 15 is 13.2 Å². The first-order chi connectivity index (χ1) is 50.1. The van der Waals surface area contributed by atoms with Crippen LogP contribution in [0.5, 0.6) is 0 Å². The van der Waals surface area contributed by atoms with E-state index in [0.29, 0.717) is 54.6 Å². The molecule has 4 nitrogen and oxygen atoms in total. The second kappa shape index (κ2) is 25.4. The molecule has 0 aliphatic carbocycles. The number of aromatic nitrogens is 2. The third-order valence-corrected chi connectivity index (χ3v) is 18.0. The van der Waals surface area contributed by atoms with Gasteiger partial charge >= 0.3 is 55.6 Å². The van der Waals surface area contributed by atoms with Gasteiger partial charge in [-0.25, -0.2) is 0 Å². The Kier molecular flexibility index (Phi) is 17.5. The van der Waals surface area contributed by atoms with Crippen molar-refractivity contribution in [2.24, 2.45) is 0 Å². The van der Waals surface area contributed by atoms with Crippen LogP contribution < -0.4 is 0 Å². The highest BCUT2D eigenvalue weighted by Crippen LogP contribution is 2.52. The predicted octanol–water partition coefficient (Wildman–Crippen LogP) is 26.8. The van der Waals surface area contributed by atoms with Crippen LogP contribution in [0.3, 0.4) is 0 Å². The number of fused-ring (bicyclic) bond motifs is 6. The first-order valence-electron chi connectivity index (χ1n) is 30.8.